The van der Waals surface area contributed by atoms with Crippen molar-refractivity contribution in [1.82, 2.24) is 48.4 Å². The van der Waals surface area contributed by atoms with Crippen molar-refractivity contribution in [2.75, 3.05) is 13.1 Å². The fourth-order valence-corrected chi connectivity index (χ4v) is 7.40. The first-order valence-electron chi connectivity index (χ1n) is 17.8. The van der Waals surface area contributed by atoms with E-state index < -0.39 is 0 Å². The molecule has 0 bridgehead atoms. The number of hydrogen-bond acceptors (Lipinski definition) is 6. The number of aromatic nitrogens is 8. The number of fused-ring (bicyclic) bond motifs is 4. The van der Waals surface area contributed by atoms with Crippen molar-refractivity contribution in [3.05, 3.63) is 120 Å². The van der Waals surface area contributed by atoms with Gasteiger partial charge in [-0.3, -0.25) is 9.80 Å². The van der Waals surface area contributed by atoms with Gasteiger partial charge in [-0.05, 0) is 69.3 Å². The van der Waals surface area contributed by atoms with Gasteiger partial charge in [-0.1, -0.05) is 48.5 Å². The number of aryl methyl sites for hydroxylation is 3. The van der Waals surface area contributed by atoms with E-state index >= 15 is 0 Å². The number of rotatable bonds is 14. The molecule has 8 rings (SSSR count). The van der Waals surface area contributed by atoms with Gasteiger partial charge in [-0.25, -0.2) is 19.9 Å². The first kappa shape index (κ1) is 31.9. The second kappa shape index (κ2) is 13.9. The Kier molecular flexibility index (Phi) is 8.87. The zero-order chi connectivity index (χ0) is 34.0. The zero-order valence-corrected chi connectivity index (χ0v) is 29.1. The molecule has 50 heavy (non-hydrogen) atoms. The predicted molar refractivity (Wildman–Crippen MR) is 201 cm³/mol. The Balaban J connectivity index is 1.14. The van der Waals surface area contributed by atoms with Crippen molar-refractivity contribution in [2.24, 2.45) is 0 Å². The fourth-order valence-electron chi connectivity index (χ4n) is 7.40. The van der Waals surface area contributed by atoms with Crippen LogP contribution >= 0.6 is 0 Å². The van der Waals surface area contributed by atoms with Crippen molar-refractivity contribution in [2.45, 2.75) is 66.6 Å². The molecule has 0 saturated heterocycles. The molecular weight excluding hydrogens is 621 g/mol. The highest BCUT2D eigenvalue weighted by Gasteiger charge is 2.21. The summed E-state index contributed by atoms with van der Waals surface area (Å²) >= 11 is 0. The van der Waals surface area contributed by atoms with Gasteiger partial charge < -0.3 is 18.7 Å². The van der Waals surface area contributed by atoms with Crippen LogP contribution in [0.3, 0.4) is 0 Å². The molecule has 0 aliphatic heterocycles. The van der Waals surface area contributed by atoms with Crippen LogP contribution in [0.5, 0.6) is 0 Å². The van der Waals surface area contributed by atoms with Crippen molar-refractivity contribution >= 4 is 44.1 Å². The topological polar surface area (TPSA) is 88.6 Å². The van der Waals surface area contributed by atoms with E-state index in [9.17, 15) is 0 Å². The molecule has 0 atom stereocenters. The number of nitrogens with zero attached hydrogens (tertiary/aromatic N) is 9. The van der Waals surface area contributed by atoms with Crippen LogP contribution < -0.4 is 0 Å². The number of H-pyrrole nitrogens is 1. The Morgan fingerprint density at radius 2 is 0.840 bits per heavy atom. The Bertz CT molecular complexity index is 2270. The van der Waals surface area contributed by atoms with Crippen LogP contribution in [-0.2, 0) is 45.8 Å². The molecule has 10 nitrogen and oxygen atoms in total. The lowest BCUT2D eigenvalue weighted by atomic mass is 10.3. The molecule has 254 valence electrons. The van der Waals surface area contributed by atoms with Crippen LogP contribution in [0.25, 0.3) is 44.1 Å². The fraction of sp³-hybridized carbons (Fsp3) is 0.300. The van der Waals surface area contributed by atoms with Gasteiger partial charge in [-0.2, -0.15) is 0 Å². The molecule has 4 heterocycles. The van der Waals surface area contributed by atoms with E-state index in [1.165, 1.54) is 16.6 Å². The number of para-hydroxylation sites is 8. The molecule has 1 N–H and O–H groups in total. The monoisotopic (exact) mass is 664 g/mol. The maximum Gasteiger partial charge on any atom is 0.124 e. The molecule has 4 aromatic heterocycles. The smallest absolute Gasteiger partial charge is 0.124 e. The summed E-state index contributed by atoms with van der Waals surface area (Å²) in [5, 5.41) is 0. The molecular formula is C40H44N10. The molecule has 0 amide bonds. The summed E-state index contributed by atoms with van der Waals surface area (Å²) in [4.78, 5) is 28.9. The van der Waals surface area contributed by atoms with Gasteiger partial charge in [0.1, 0.15) is 23.3 Å². The van der Waals surface area contributed by atoms with Crippen LogP contribution in [0.2, 0.25) is 0 Å². The number of imidazole rings is 4. The summed E-state index contributed by atoms with van der Waals surface area (Å²) in [6, 6.07) is 33.6. The van der Waals surface area contributed by atoms with Crippen molar-refractivity contribution < 1.29 is 0 Å². The van der Waals surface area contributed by atoms with Gasteiger partial charge in [0.05, 0.1) is 70.3 Å². The van der Waals surface area contributed by atoms with Crippen molar-refractivity contribution in [3.63, 3.8) is 0 Å². The number of nitrogens with one attached hydrogen (secondary N) is 1. The lowest BCUT2D eigenvalue weighted by Crippen LogP contribution is -2.36. The lowest BCUT2D eigenvalue weighted by Gasteiger charge is -2.27. The van der Waals surface area contributed by atoms with Crippen LogP contribution in [0.4, 0.5) is 0 Å². The molecule has 0 aliphatic rings. The maximum absolute atomic E-state index is 5.14. The lowest BCUT2D eigenvalue weighted by molar-refractivity contribution is 0.170. The second-order valence-electron chi connectivity index (χ2n) is 12.9. The Labute approximate surface area is 292 Å². The minimum Gasteiger partial charge on any atom is -0.341 e. The third kappa shape index (κ3) is 6.16. The van der Waals surface area contributed by atoms with E-state index in [-0.39, 0.29) is 0 Å². The van der Waals surface area contributed by atoms with Crippen molar-refractivity contribution in [1.29, 1.82) is 0 Å². The number of aromatic amines is 1. The van der Waals surface area contributed by atoms with Crippen LogP contribution in [0.1, 0.15) is 44.1 Å². The maximum atomic E-state index is 5.14. The van der Waals surface area contributed by atoms with Crippen LogP contribution in [0, 0.1) is 0 Å². The average Bonchev–Trinajstić information content (AvgIpc) is 3.90. The highest BCUT2D eigenvalue weighted by Crippen LogP contribution is 2.23. The van der Waals surface area contributed by atoms with E-state index in [0.717, 1.165) is 83.6 Å². The SMILES string of the molecule is CCn1c(CN(CCN(Cc2nc3ccccc3n2CC)Cc2nc3ccccc3n2CC)Cc2nc3ccccc3[nH]2)nc2ccccc21. The highest BCUT2D eigenvalue weighted by molar-refractivity contribution is 5.77. The summed E-state index contributed by atoms with van der Waals surface area (Å²) in [6.45, 7) is 13.6. The molecule has 0 spiro atoms. The minimum absolute atomic E-state index is 0.677. The van der Waals surface area contributed by atoms with E-state index in [2.05, 4.69) is 140 Å². The molecule has 8 aromatic rings. The average molecular weight is 665 g/mol. The first-order chi connectivity index (χ1) is 24.6. The van der Waals surface area contributed by atoms with Crippen LogP contribution in [-0.4, -0.2) is 61.5 Å². The Morgan fingerprint density at radius 3 is 1.26 bits per heavy atom. The summed E-state index contributed by atoms with van der Waals surface area (Å²) in [6.07, 6.45) is 0. The van der Waals surface area contributed by atoms with Crippen LogP contribution in [0.15, 0.2) is 97.1 Å². The van der Waals surface area contributed by atoms with E-state index in [1.807, 2.05) is 6.07 Å². The minimum atomic E-state index is 0.677. The highest BCUT2D eigenvalue weighted by atomic mass is 15.3. The van der Waals surface area contributed by atoms with E-state index in [0.29, 0.717) is 26.2 Å². The standard InChI is InChI=1S/C40H44N10/c1-4-48-34-20-12-9-17-31(34)43-38(48)26-46(25-37-41-29-15-7-8-16-30(29)42-37)23-24-47(27-39-44-32-18-10-13-21-35(32)49(39)5-2)28-40-45-33-19-11-14-22-36(33)50(40)6-3/h7-22H,4-6,23-28H2,1-3H3,(H,41,42). The first-order valence-corrected chi connectivity index (χ1v) is 17.8. The second-order valence-corrected chi connectivity index (χ2v) is 12.9. The Morgan fingerprint density at radius 1 is 0.460 bits per heavy atom. The normalized spacial score (nSPS) is 12.2. The molecule has 0 unspecified atom stereocenters. The zero-order valence-electron chi connectivity index (χ0n) is 29.1. The quantitative estimate of drug-likeness (QED) is 0.131. The Hall–Kier alpha value is -5.32. The molecule has 0 aliphatic carbocycles. The van der Waals surface area contributed by atoms with Gasteiger partial charge in [0, 0.05) is 32.7 Å². The summed E-state index contributed by atoms with van der Waals surface area (Å²) in [5.74, 6) is 4.17. The molecule has 0 fully saturated rings. The number of benzene rings is 4. The van der Waals surface area contributed by atoms with Gasteiger partial charge in [0.2, 0.25) is 0 Å². The van der Waals surface area contributed by atoms with Crippen molar-refractivity contribution in [3.8, 4) is 0 Å². The molecule has 0 saturated carbocycles. The van der Waals surface area contributed by atoms with E-state index in [4.69, 9.17) is 19.9 Å². The summed E-state index contributed by atoms with van der Waals surface area (Å²) in [5.41, 5.74) is 8.68. The largest absolute Gasteiger partial charge is 0.341 e. The third-order valence-corrected chi connectivity index (χ3v) is 9.79. The number of hydrogen-bond donors (Lipinski definition) is 1. The van der Waals surface area contributed by atoms with Gasteiger partial charge in [0.15, 0.2) is 0 Å². The summed E-state index contributed by atoms with van der Waals surface area (Å²) < 4.78 is 7.04. The molecule has 10 heteroatoms. The molecule has 4 aromatic carbocycles. The van der Waals surface area contributed by atoms with Gasteiger partial charge in [0.25, 0.3) is 0 Å². The molecule has 0 radical (unpaired) electrons. The third-order valence-electron chi connectivity index (χ3n) is 9.79. The van der Waals surface area contributed by atoms with Gasteiger partial charge in [-0.15, -0.1) is 0 Å². The summed E-state index contributed by atoms with van der Waals surface area (Å²) in [7, 11) is 0. The predicted octanol–water partition coefficient (Wildman–Crippen LogP) is 7.38. The van der Waals surface area contributed by atoms with E-state index in [1.54, 1.807) is 0 Å². The van der Waals surface area contributed by atoms with Gasteiger partial charge >= 0.3 is 0 Å².